The number of benzene rings is 5. The molecule has 7 aromatic rings. The predicted octanol–water partition coefficient (Wildman–Crippen LogP) is 9.32. The van der Waals surface area contributed by atoms with Gasteiger partial charge >= 0.3 is 0 Å². The van der Waals surface area contributed by atoms with E-state index in [1.807, 2.05) is 0 Å². The fraction of sp³-hybridized carbons (Fsp3) is 0. The van der Waals surface area contributed by atoms with Crippen molar-refractivity contribution in [2.24, 2.45) is 0 Å². The van der Waals surface area contributed by atoms with Crippen LogP contribution < -0.4 is 0 Å². The van der Waals surface area contributed by atoms with Crippen LogP contribution in [-0.4, -0.2) is 9.97 Å². The van der Waals surface area contributed by atoms with Gasteiger partial charge in [-0.25, -0.2) is 0 Å². The average Bonchev–Trinajstić information content (AvgIpc) is 3.54. The van der Waals surface area contributed by atoms with Gasteiger partial charge in [-0.15, -0.1) is 0 Å². The van der Waals surface area contributed by atoms with E-state index in [2.05, 4.69) is 143 Å². The summed E-state index contributed by atoms with van der Waals surface area (Å²) < 4.78 is 0. The van der Waals surface area contributed by atoms with Crippen molar-refractivity contribution in [2.45, 2.75) is 0 Å². The zero-order valence-corrected chi connectivity index (χ0v) is 19.7. The van der Waals surface area contributed by atoms with E-state index in [4.69, 9.17) is 0 Å². The molecule has 0 saturated heterocycles. The Hall–Kier alpha value is -4.82. The molecule has 0 bridgehead atoms. The van der Waals surface area contributed by atoms with Gasteiger partial charge in [0.15, 0.2) is 0 Å². The summed E-state index contributed by atoms with van der Waals surface area (Å²) in [5.74, 6) is 0. The molecule has 36 heavy (non-hydrogen) atoms. The quantitative estimate of drug-likeness (QED) is 0.262. The van der Waals surface area contributed by atoms with Crippen LogP contribution in [0.2, 0.25) is 0 Å². The highest BCUT2D eigenvalue weighted by molar-refractivity contribution is 6.18. The summed E-state index contributed by atoms with van der Waals surface area (Å²) in [6.07, 6.45) is 0. The Morgan fingerprint density at radius 3 is 0.944 bits per heavy atom. The van der Waals surface area contributed by atoms with Crippen molar-refractivity contribution in [1.82, 2.24) is 9.97 Å². The largest absolute Gasteiger partial charge is 0.352 e. The Morgan fingerprint density at radius 2 is 0.611 bits per heavy atom. The number of rotatable bonds is 4. The summed E-state index contributed by atoms with van der Waals surface area (Å²) in [7, 11) is 0. The van der Waals surface area contributed by atoms with E-state index in [-0.39, 0.29) is 0 Å². The molecule has 0 spiro atoms. The van der Waals surface area contributed by atoms with Gasteiger partial charge in [-0.05, 0) is 22.3 Å². The van der Waals surface area contributed by atoms with Crippen molar-refractivity contribution in [3.63, 3.8) is 0 Å². The summed E-state index contributed by atoms with van der Waals surface area (Å²) in [6, 6.07) is 47.1. The van der Waals surface area contributed by atoms with Crippen molar-refractivity contribution in [3.05, 3.63) is 133 Å². The van der Waals surface area contributed by atoms with Gasteiger partial charge in [0, 0.05) is 21.9 Å². The van der Waals surface area contributed by atoms with E-state index >= 15 is 0 Å². The Balaban J connectivity index is 1.59. The normalized spacial score (nSPS) is 11.3. The maximum atomic E-state index is 3.83. The third kappa shape index (κ3) is 3.27. The van der Waals surface area contributed by atoms with Crippen LogP contribution in [0.5, 0.6) is 0 Å². The third-order valence-corrected chi connectivity index (χ3v) is 6.99. The molecule has 2 aromatic heterocycles. The molecule has 2 heteroatoms. The van der Waals surface area contributed by atoms with E-state index in [9.17, 15) is 0 Å². The molecule has 0 fully saturated rings. The number of fused-ring (bicyclic) bond motifs is 3. The maximum absolute atomic E-state index is 3.83. The number of H-pyrrole nitrogens is 2. The molecule has 0 amide bonds. The zero-order chi connectivity index (χ0) is 23.9. The molecule has 0 radical (unpaired) electrons. The second kappa shape index (κ2) is 8.44. The molecule has 2 N–H and O–H groups in total. The van der Waals surface area contributed by atoms with Crippen LogP contribution in [-0.2, 0) is 0 Å². The van der Waals surface area contributed by atoms with E-state index in [0.717, 1.165) is 22.4 Å². The molecule has 0 aliphatic rings. The first-order chi connectivity index (χ1) is 17.9. The summed E-state index contributed by atoms with van der Waals surface area (Å²) >= 11 is 0. The van der Waals surface area contributed by atoms with Crippen molar-refractivity contribution in [1.29, 1.82) is 0 Å². The van der Waals surface area contributed by atoms with Gasteiger partial charge in [-0.1, -0.05) is 133 Å². The second-order valence-corrected chi connectivity index (χ2v) is 9.12. The Labute approximate surface area is 209 Å². The van der Waals surface area contributed by atoms with Crippen LogP contribution in [0.25, 0.3) is 66.6 Å². The molecule has 170 valence electrons. The van der Waals surface area contributed by atoms with E-state index in [1.54, 1.807) is 0 Å². The van der Waals surface area contributed by atoms with Crippen molar-refractivity contribution < 1.29 is 0 Å². The van der Waals surface area contributed by atoms with Gasteiger partial charge in [0.25, 0.3) is 0 Å². The van der Waals surface area contributed by atoms with Gasteiger partial charge < -0.3 is 9.97 Å². The minimum absolute atomic E-state index is 1.13. The van der Waals surface area contributed by atoms with Crippen molar-refractivity contribution in [2.75, 3.05) is 0 Å². The molecular weight excluding hydrogens is 436 g/mol. The van der Waals surface area contributed by atoms with Gasteiger partial charge in [0.05, 0.1) is 22.4 Å². The first-order valence-corrected chi connectivity index (χ1v) is 12.3. The fourth-order valence-corrected chi connectivity index (χ4v) is 5.38. The van der Waals surface area contributed by atoms with Gasteiger partial charge in [-0.3, -0.25) is 0 Å². The first-order valence-electron chi connectivity index (χ1n) is 12.3. The van der Waals surface area contributed by atoms with Crippen LogP contribution in [0.4, 0.5) is 0 Å². The number of nitrogens with one attached hydrogen (secondary N) is 2. The van der Waals surface area contributed by atoms with Crippen LogP contribution in [0.3, 0.4) is 0 Å². The summed E-state index contributed by atoms with van der Waals surface area (Å²) in [5, 5.41) is 2.43. The van der Waals surface area contributed by atoms with Crippen molar-refractivity contribution in [3.8, 4) is 44.8 Å². The lowest BCUT2D eigenvalue weighted by Gasteiger charge is -2.06. The maximum Gasteiger partial charge on any atom is 0.0710 e. The van der Waals surface area contributed by atoms with Crippen LogP contribution in [0.1, 0.15) is 0 Å². The standard InChI is InChI=1S/C34H24N2/c1-5-13-23(14-6-1)29-27-21-22-28-30(24-15-7-2-8-16-24)32(26-19-11-4-12-20-26)36-34(28)33(27)35-31(29)25-17-9-3-10-18-25/h1-22,35-36H. The molecule has 7 rings (SSSR count). The number of hydrogen-bond acceptors (Lipinski definition) is 0. The smallest absolute Gasteiger partial charge is 0.0710 e. The number of hydrogen-bond donors (Lipinski definition) is 2. The van der Waals surface area contributed by atoms with Crippen LogP contribution >= 0.6 is 0 Å². The predicted molar refractivity (Wildman–Crippen MR) is 152 cm³/mol. The lowest BCUT2D eigenvalue weighted by molar-refractivity contribution is 1.42. The SMILES string of the molecule is c1ccc(-c2[nH]c3c(ccc4c(-c5ccccc5)c(-c5ccccc5)[nH]c43)c2-c2ccccc2)cc1. The van der Waals surface area contributed by atoms with Crippen LogP contribution in [0, 0.1) is 0 Å². The Kier molecular flexibility index (Phi) is 4.82. The third-order valence-electron chi connectivity index (χ3n) is 6.99. The lowest BCUT2D eigenvalue weighted by Crippen LogP contribution is -1.82. The minimum Gasteiger partial charge on any atom is -0.352 e. The molecule has 2 nitrogen and oxygen atoms in total. The monoisotopic (exact) mass is 460 g/mol. The molecule has 0 saturated carbocycles. The Morgan fingerprint density at radius 1 is 0.306 bits per heavy atom. The highest BCUT2D eigenvalue weighted by atomic mass is 14.8. The molecule has 0 aliphatic carbocycles. The highest BCUT2D eigenvalue weighted by Gasteiger charge is 2.21. The summed E-state index contributed by atoms with van der Waals surface area (Å²) in [5.41, 5.74) is 11.8. The zero-order valence-electron chi connectivity index (χ0n) is 19.7. The molecular formula is C34H24N2. The average molecular weight is 461 g/mol. The highest BCUT2D eigenvalue weighted by Crippen LogP contribution is 2.44. The number of aromatic amines is 2. The van der Waals surface area contributed by atoms with E-state index < -0.39 is 0 Å². The topological polar surface area (TPSA) is 31.6 Å². The van der Waals surface area contributed by atoms with Gasteiger partial charge in [-0.2, -0.15) is 0 Å². The van der Waals surface area contributed by atoms with Gasteiger partial charge in [0.2, 0.25) is 0 Å². The molecule has 0 atom stereocenters. The fourth-order valence-electron chi connectivity index (χ4n) is 5.38. The van der Waals surface area contributed by atoms with Gasteiger partial charge in [0.1, 0.15) is 0 Å². The van der Waals surface area contributed by atoms with Crippen LogP contribution in [0.15, 0.2) is 133 Å². The summed E-state index contributed by atoms with van der Waals surface area (Å²) in [6.45, 7) is 0. The molecule has 2 heterocycles. The van der Waals surface area contributed by atoms with E-state index in [1.165, 1.54) is 44.2 Å². The first kappa shape index (κ1) is 20.5. The minimum atomic E-state index is 1.13. The Bertz CT molecular complexity index is 1660. The number of aromatic nitrogens is 2. The second-order valence-electron chi connectivity index (χ2n) is 9.12. The van der Waals surface area contributed by atoms with E-state index in [0.29, 0.717) is 0 Å². The molecule has 0 unspecified atom stereocenters. The summed E-state index contributed by atoms with van der Waals surface area (Å²) in [4.78, 5) is 7.67. The molecule has 0 aliphatic heterocycles. The lowest BCUT2D eigenvalue weighted by atomic mass is 9.96. The van der Waals surface area contributed by atoms with Crippen molar-refractivity contribution >= 4 is 21.8 Å². The molecule has 5 aromatic carbocycles.